The van der Waals surface area contributed by atoms with Crippen molar-refractivity contribution in [2.45, 2.75) is 10.9 Å². The lowest BCUT2D eigenvalue weighted by atomic mass is 10.1. The van der Waals surface area contributed by atoms with Crippen molar-refractivity contribution in [1.29, 1.82) is 0 Å². The molecule has 3 rings (SSSR count). The molecule has 0 aromatic heterocycles. The van der Waals surface area contributed by atoms with Crippen LogP contribution < -0.4 is 10.2 Å². The molecular formula is C20H24N3O4S+. The Morgan fingerprint density at radius 2 is 1.82 bits per heavy atom. The van der Waals surface area contributed by atoms with Gasteiger partial charge >= 0.3 is 0 Å². The van der Waals surface area contributed by atoms with Gasteiger partial charge in [0.25, 0.3) is 5.69 Å². The van der Waals surface area contributed by atoms with E-state index in [0.29, 0.717) is 0 Å². The number of nitro groups is 1. The van der Waals surface area contributed by atoms with Crippen molar-refractivity contribution >= 4 is 23.4 Å². The molecular weight excluding hydrogens is 378 g/mol. The first-order chi connectivity index (χ1) is 13.6. The lowest BCUT2D eigenvalue weighted by molar-refractivity contribution is -0.909. The second-order valence-corrected chi connectivity index (χ2v) is 7.69. The molecule has 1 amide bonds. The third-order valence-electron chi connectivity index (χ3n) is 4.65. The van der Waals surface area contributed by atoms with Gasteiger partial charge in [0.1, 0.15) is 25.7 Å². The lowest BCUT2D eigenvalue weighted by Crippen LogP contribution is -3.14. The molecule has 1 aliphatic heterocycles. The first-order valence-corrected chi connectivity index (χ1v) is 10.2. The van der Waals surface area contributed by atoms with Gasteiger partial charge in [0, 0.05) is 17.0 Å². The first kappa shape index (κ1) is 20.3. The molecule has 2 aromatic rings. The number of carbonyl (C=O) groups is 1. The molecule has 0 bridgehead atoms. The Kier molecular flexibility index (Phi) is 7.41. The number of morpholine rings is 1. The van der Waals surface area contributed by atoms with Crippen molar-refractivity contribution in [2.75, 3.05) is 38.6 Å². The Balaban J connectivity index is 1.57. The number of carbonyl (C=O) groups excluding carboxylic acids is 1. The Morgan fingerprint density at radius 3 is 2.46 bits per heavy atom. The van der Waals surface area contributed by atoms with Crippen LogP contribution in [-0.2, 0) is 9.53 Å². The summed E-state index contributed by atoms with van der Waals surface area (Å²) in [5.41, 5.74) is 1.14. The summed E-state index contributed by atoms with van der Waals surface area (Å²) in [6.45, 7) is 4.20. The molecule has 1 saturated heterocycles. The number of hydrogen-bond acceptors (Lipinski definition) is 5. The predicted molar refractivity (Wildman–Crippen MR) is 108 cm³/mol. The molecule has 0 aliphatic carbocycles. The molecule has 2 aromatic carbocycles. The summed E-state index contributed by atoms with van der Waals surface area (Å²) in [6, 6.07) is 16.2. The van der Waals surface area contributed by atoms with Gasteiger partial charge in [0.05, 0.1) is 23.9 Å². The normalized spacial score (nSPS) is 15.7. The quantitative estimate of drug-likeness (QED) is 0.397. The molecule has 28 heavy (non-hydrogen) atoms. The number of ether oxygens (including phenoxy) is 1. The molecule has 7 nitrogen and oxygen atoms in total. The van der Waals surface area contributed by atoms with Gasteiger partial charge in [-0.3, -0.25) is 14.9 Å². The van der Waals surface area contributed by atoms with Crippen LogP contribution in [0.5, 0.6) is 0 Å². The molecule has 0 spiro atoms. The summed E-state index contributed by atoms with van der Waals surface area (Å²) >= 11 is 1.37. The number of rotatable bonds is 8. The average Bonchev–Trinajstić information content (AvgIpc) is 2.73. The molecule has 0 unspecified atom stereocenters. The molecule has 1 atom stereocenters. The zero-order chi connectivity index (χ0) is 19.8. The second kappa shape index (κ2) is 10.2. The number of nitro benzene ring substituents is 1. The number of non-ortho nitro benzene ring substituents is 1. The SMILES string of the molecule is O=C(CSc1ccc([N+](=O)[O-])cc1)N[C@H](C[NH+]1CCOCC1)c1ccccc1. The zero-order valence-electron chi connectivity index (χ0n) is 15.5. The number of thioether (sulfide) groups is 1. The van der Waals surface area contributed by atoms with E-state index < -0.39 is 4.92 Å². The molecule has 1 heterocycles. The van der Waals surface area contributed by atoms with Crippen molar-refractivity contribution in [1.82, 2.24) is 5.32 Å². The highest BCUT2D eigenvalue weighted by molar-refractivity contribution is 8.00. The van der Waals surface area contributed by atoms with Crippen LogP contribution in [0.15, 0.2) is 59.5 Å². The van der Waals surface area contributed by atoms with Crippen molar-refractivity contribution in [2.24, 2.45) is 0 Å². The van der Waals surface area contributed by atoms with Crippen LogP contribution in [-0.4, -0.2) is 49.4 Å². The molecule has 1 fully saturated rings. The van der Waals surface area contributed by atoms with Gasteiger partial charge in [0.2, 0.25) is 5.91 Å². The number of hydrogen-bond donors (Lipinski definition) is 2. The summed E-state index contributed by atoms with van der Waals surface area (Å²) in [6.07, 6.45) is 0. The van der Waals surface area contributed by atoms with Crippen LogP contribution in [0.25, 0.3) is 0 Å². The number of amides is 1. The fourth-order valence-electron chi connectivity index (χ4n) is 3.14. The fraction of sp³-hybridized carbons (Fsp3) is 0.350. The minimum absolute atomic E-state index is 0.0476. The Morgan fingerprint density at radius 1 is 1.14 bits per heavy atom. The minimum Gasteiger partial charge on any atom is -0.370 e. The van der Waals surface area contributed by atoms with Crippen molar-refractivity contribution < 1.29 is 19.4 Å². The molecule has 2 N–H and O–H groups in total. The van der Waals surface area contributed by atoms with Gasteiger partial charge < -0.3 is 15.0 Å². The van der Waals surface area contributed by atoms with Gasteiger partial charge in [-0.2, -0.15) is 0 Å². The molecule has 0 radical (unpaired) electrons. The van der Waals surface area contributed by atoms with E-state index in [0.717, 1.165) is 43.3 Å². The molecule has 8 heteroatoms. The van der Waals surface area contributed by atoms with Gasteiger partial charge in [0.15, 0.2) is 0 Å². The molecule has 0 saturated carbocycles. The maximum atomic E-state index is 12.5. The van der Waals surface area contributed by atoms with Crippen molar-refractivity contribution in [3.05, 3.63) is 70.3 Å². The Labute approximate surface area is 168 Å². The minimum atomic E-state index is -0.431. The first-order valence-electron chi connectivity index (χ1n) is 9.24. The fourth-order valence-corrected chi connectivity index (χ4v) is 3.85. The van der Waals surface area contributed by atoms with Gasteiger partial charge in [-0.1, -0.05) is 30.3 Å². The van der Waals surface area contributed by atoms with Crippen molar-refractivity contribution in [3.63, 3.8) is 0 Å². The zero-order valence-corrected chi connectivity index (χ0v) is 16.3. The largest absolute Gasteiger partial charge is 0.370 e. The van der Waals surface area contributed by atoms with Crippen LogP contribution in [0.2, 0.25) is 0 Å². The van der Waals surface area contributed by atoms with E-state index in [1.165, 1.54) is 28.8 Å². The average molecular weight is 402 g/mol. The van der Waals surface area contributed by atoms with E-state index in [9.17, 15) is 14.9 Å². The van der Waals surface area contributed by atoms with Gasteiger partial charge in [-0.25, -0.2) is 0 Å². The van der Waals surface area contributed by atoms with Gasteiger partial charge in [-0.05, 0) is 17.7 Å². The molecule has 148 valence electrons. The maximum Gasteiger partial charge on any atom is 0.269 e. The van der Waals surface area contributed by atoms with Crippen LogP contribution in [0.1, 0.15) is 11.6 Å². The second-order valence-electron chi connectivity index (χ2n) is 6.64. The number of nitrogens with one attached hydrogen (secondary N) is 2. The highest BCUT2D eigenvalue weighted by Gasteiger charge is 2.22. The van der Waals surface area contributed by atoms with E-state index in [-0.39, 0.29) is 23.4 Å². The predicted octanol–water partition coefficient (Wildman–Crippen LogP) is 1.46. The molecule has 1 aliphatic rings. The van der Waals surface area contributed by atoms with E-state index in [1.807, 2.05) is 30.3 Å². The summed E-state index contributed by atoms with van der Waals surface area (Å²) in [5, 5.41) is 13.9. The number of nitrogens with zero attached hydrogens (tertiary/aromatic N) is 1. The van der Waals surface area contributed by atoms with Crippen LogP contribution in [0.3, 0.4) is 0 Å². The smallest absolute Gasteiger partial charge is 0.269 e. The van der Waals surface area contributed by atoms with Crippen LogP contribution in [0, 0.1) is 10.1 Å². The summed E-state index contributed by atoms with van der Waals surface area (Å²) in [5.74, 6) is 0.212. The van der Waals surface area contributed by atoms with Gasteiger partial charge in [-0.15, -0.1) is 11.8 Å². The number of benzene rings is 2. The van der Waals surface area contributed by atoms with E-state index >= 15 is 0 Å². The van der Waals surface area contributed by atoms with E-state index in [1.54, 1.807) is 12.1 Å². The van der Waals surface area contributed by atoms with Crippen molar-refractivity contribution in [3.8, 4) is 0 Å². The maximum absolute atomic E-state index is 12.5. The van der Waals surface area contributed by atoms with E-state index in [2.05, 4.69) is 5.32 Å². The van der Waals surface area contributed by atoms with Crippen LogP contribution >= 0.6 is 11.8 Å². The standard InChI is InChI=1S/C20H23N3O4S/c24-20(15-28-18-8-6-17(7-9-18)23(25)26)21-19(16-4-2-1-3-5-16)14-22-10-12-27-13-11-22/h1-9,19H,10-15H2,(H,21,24)/p+1/t19-/m1/s1. The number of quaternary nitrogens is 1. The van der Waals surface area contributed by atoms with E-state index in [4.69, 9.17) is 4.74 Å². The highest BCUT2D eigenvalue weighted by atomic mass is 32.2. The Bertz CT molecular complexity index is 780. The third kappa shape index (κ3) is 6.05. The Hall–Kier alpha value is -2.42. The lowest BCUT2D eigenvalue weighted by Gasteiger charge is -2.28. The summed E-state index contributed by atoms with van der Waals surface area (Å²) in [4.78, 5) is 25.1. The monoisotopic (exact) mass is 402 g/mol. The highest BCUT2D eigenvalue weighted by Crippen LogP contribution is 2.21. The third-order valence-corrected chi connectivity index (χ3v) is 5.66. The summed E-state index contributed by atoms with van der Waals surface area (Å²) < 4.78 is 5.43. The van der Waals surface area contributed by atoms with Crippen LogP contribution in [0.4, 0.5) is 5.69 Å². The summed E-state index contributed by atoms with van der Waals surface area (Å²) in [7, 11) is 0. The topological polar surface area (TPSA) is 85.9 Å².